The van der Waals surface area contributed by atoms with Crippen molar-refractivity contribution in [3.63, 3.8) is 0 Å². The normalized spacial score (nSPS) is 30.2. The maximum atomic E-state index is 8.08. The van der Waals surface area contributed by atoms with Gasteiger partial charge in [-0.2, -0.15) is 0 Å². The Hall–Kier alpha value is -0.730. The number of hydrogen-bond acceptors (Lipinski definition) is 2. The number of hydrogen-bond donors (Lipinski definition) is 0. The first-order valence-electron chi connectivity index (χ1n) is 4.47. The van der Waals surface area contributed by atoms with E-state index in [1.54, 1.807) is 0 Å². The van der Waals surface area contributed by atoms with E-state index >= 15 is 0 Å². The highest BCUT2D eigenvalue weighted by Crippen LogP contribution is 2.21. The van der Waals surface area contributed by atoms with E-state index in [1.807, 2.05) is 0 Å². The summed E-state index contributed by atoms with van der Waals surface area (Å²) in [5.74, 6) is 1.58. The van der Waals surface area contributed by atoms with Crippen molar-refractivity contribution in [2.75, 3.05) is 26.2 Å². The van der Waals surface area contributed by atoms with E-state index in [9.17, 15) is 0 Å². The van der Waals surface area contributed by atoms with Gasteiger partial charge in [0.15, 0.2) is 0 Å². The van der Waals surface area contributed by atoms with Crippen LogP contribution in [0, 0.1) is 11.8 Å². The van der Waals surface area contributed by atoms with E-state index in [1.165, 1.54) is 0 Å². The molecule has 2 atom stereocenters. The van der Waals surface area contributed by atoms with Crippen molar-refractivity contribution in [2.45, 2.75) is 13.8 Å². The number of nitrogens with zero attached hydrogens (tertiary/aromatic N) is 4. The van der Waals surface area contributed by atoms with Crippen LogP contribution in [0.15, 0.2) is 5.11 Å². The Balaban J connectivity index is 2.23. The molecule has 1 rings (SSSR count). The minimum atomic E-state index is 0.607. The molecule has 2 unspecified atom stereocenters. The summed E-state index contributed by atoms with van der Waals surface area (Å²) in [7, 11) is 0. The molecule has 0 aromatic heterocycles. The molecule has 0 saturated carbocycles. The predicted molar refractivity (Wildman–Crippen MR) is 48.8 cm³/mol. The third kappa shape index (κ3) is 2.40. The van der Waals surface area contributed by atoms with Crippen LogP contribution in [0.5, 0.6) is 0 Å². The molecule has 1 aliphatic heterocycles. The topological polar surface area (TPSA) is 52.0 Å². The molecule has 4 nitrogen and oxygen atoms in total. The fourth-order valence-corrected chi connectivity index (χ4v) is 1.66. The Bertz CT molecular complexity index is 175. The van der Waals surface area contributed by atoms with Crippen LogP contribution >= 0.6 is 0 Å². The molecule has 0 bridgehead atoms. The third-order valence-corrected chi connectivity index (χ3v) is 2.64. The van der Waals surface area contributed by atoms with E-state index in [-0.39, 0.29) is 0 Å². The summed E-state index contributed by atoms with van der Waals surface area (Å²) >= 11 is 0. The third-order valence-electron chi connectivity index (χ3n) is 2.64. The van der Waals surface area contributed by atoms with Gasteiger partial charge in [0.2, 0.25) is 0 Å². The van der Waals surface area contributed by atoms with Crippen molar-refractivity contribution in [1.29, 1.82) is 0 Å². The number of likely N-dealkylation sites (tertiary alicyclic amines) is 1. The number of rotatable bonds is 3. The molecule has 1 fully saturated rings. The van der Waals surface area contributed by atoms with E-state index < -0.39 is 0 Å². The van der Waals surface area contributed by atoms with Crippen LogP contribution in [0.1, 0.15) is 13.8 Å². The molecule has 4 heteroatoms. The maximum Gasteiger partial charge on any atom is 0.0385 e. The van der Waals surface area contributed by atoms with E-state index in [4.69, 9.17) is 5.53 Å². The predicted octanol–water partition coefficient (Wildman–Crippen LogP) is 1.88. The second-order valence-corrected chi connectivity index (χ2v) is 3.67. The van der Waals surface area contributed by atoms with Crippen molar-refractivity contribution >= 4 is 0 Å². The molecule has 1 aliphatic rings. The van der Waals surface area contributed by atoms with E-state index in [0.29, 0.717) is 6.54 Å². The minimum Gasteiger partial charge on any atom is -0.303 e. The second kappa shape index (κ2) is 4.33. The molecular weight excluding hydrogens is 152 g/mol. The van der Waals surface area contributed by atoms with Crippen LogP contribution in [-0.2, 0) is 0 Å². The zero-order chi connectivity index (χ0) is 8.97. The summed E-state index contributed by atoms with van der Waals surface area (Å²) in [5.41, 5.74) is 8.08. The largest absolute Gasteiger partial charge is 0.303 e. The zero-order valence-electron chi connectivity index (χ0n) is 7.77. The lowest BCUT2D eigenvalue weighted by Gasteiger charge is -2.12. The fraction of sp³-hybridized carbons (Fsp3) is 1.00. The van der Waals surface area contributed by atoms with Crippen molar-refractivity contribution in [3.05, 3.63) is 10.4 Å². The Morgan fingerprint density at radius 2 is 2.00 bits per heavy atom. The highest BCUT2D eigenvalue weighted by molar-refractivity contribution is 4.78. The van der Waals surface area contributed by atoms with Gasteiger partial charge in [0.25, 0.3) is 0 Å². The smallest absolute Gasteiger partial charge is 0.0385 e. The summed E-state index contributed by atoms with van der Waals surface area (Å²) in [4.78, 5) is 5.10. The minimum absolute atomic E-state index is 0.607. The van der Waals surface area contributed by atoms with Gasteiger partial charge in [0.05, 0.1) is 0 Å². The molecule has 12 heavy (non-hydrogen) atoms. The Morgan fingerprint density at radius 3 is 2.50 bits per heavy atom. The lowest BCUT2D eigenvalue weighted by Crippen LogP contribution is -2.23. The molecule has 1 saturated heterocycles. The second-order valence-electron chi connectivity index (χ2n) is 3.67. The van der Waals surface area contributed by atoms with Gasteiger partial charge in [-0.15, -0.1) is 0 Å². The summed E-state index contributed by atoms with van der Waals surface area (Å²) < 4.78 is 0. The quantitative estimate of drug-likeness (QED) is 0.360. The maximum absolute atomic E-state index is 8.08. The molecule has 68 valence electrons. The summed E-state index contributed by atoms with van der Waals surface area (Å²) in [6, 6.07) is 0. The van der Waals surface area contributed by atoms with Gasteiger partial charge in [-0.25, -0.2) is 0 Å². The zero-order valence-corrected chi connectivity index (χ0v) is 7.77. The van der Waals surface area contributed by atoms with Gasteiger partial charge in [-0.1, -0.05) is 19.0 Å². The van der Waals surface area contributed by atoms with Gasteiger partial charge in [-0.05, 0) is 17.4 Å². The van der Waals surface area contributed by atoms with Crippen LogP contribution in [0.2, 0.25) is 0 Å². The van der Waals surface area contributed by atoms with Gasteiger partial charge < -0.3 is 4.90 Å². The highest BCUT2D eigenvalue weighted by Gasteiger charge is 2.24. The van der Waals surface area contributed by atoms with Crippen LogP contribution in [0.25, 0.3) is 10.4 Å². The van der Waals surface area contributed by atoms with E-state index in [2.05, 4.69) is 28.8 Å². The molecule has 0 spiro atoms. The Morgan fingerprint density at radius 1 is 1.42 bits per heavy atom. The van der Waals surface area contributed by atoms with Crippen LogP contribution in [0.3, 0.4) is 0 Å². The van der Waals surface area contributed by atoms with Crippen molar-refractivity contribution < 1.29 is 0 Å². The molecule has 0 aromatic rings. The summed E-state index contributed by atoms with van der Waals surface area (Å²) in [6.45, 7) is 8.38. The first-order valence-corrected chi connectivity index (χ1v) is 4.47. The van der Waals surface area contributed by atoms with Gasteiger partial charge in [0, 0.05) is 31.1 Å². The van der Waals surface area contributed by atoms with Gasteiger partial charge in [-0.3, -0.25) is 0 Å². The Labute approximate surface area is 73.2 Å². The fourth-order valence-electron chi connectivity index (χ4n) is 1.66. The molecular formula is C8H16N4. The molecule has 1 heterocycles. The van der Waals surface area contributed by atoms with Crippen molar-refractivity contribution in [3.8, 4) is 0 Å². The first-order chi connectivity index (χ1) is 5.74. The van der Waals surface area contributed by atoms with E-state index in [0.717, 1.165) is 31.5 Å². The Kier molecular flexibility index (Phi) is 3.38. The average Bonchev–Trinajstić information content (AvgIpc) is 2.32. The first kappa shape index (κ1) is 9.36. The average molecular weight is 168 g/mol. The lowest BCUT2D eigenvalue weighted by atomic mass is 10.0. The van der Waals surface area contributed by atoms with Crippen LogP contribution in [0.4, 0.5) is 0 Å². The molecule has 0 amide bonds. The lowest BCUT2D eigenvalue weighted by molar-refractivity contribution is 0.333. The molecule has 0 aromatic carbocycles. The summed E-state index contributed by atoms with van der Waals surface area (Å²) in [5, 5.41) is 3.52. The van der Waals surface area contributed by atoms with Gasteiger partial charge >= 0.3 is 0 Å². The highest BCUT2D eigenvalue weighted by atomic mass is 15.2. The summed E-state index contributed by atoms with van der Waals surface area (Å²) in [6.07, 6.45) is 0. The molecule has 0 radical (unpaired) electrons. The van der Waals surface area contributed by atoms with Crippen LogP contribution in [-0.4, -0.2) is 31.1 Å². The van der Waals surface area contributed by atoms with Crippen molar-refractivity contribution in [2.24, 2.45) is 17.0 Å². The molecule has 0 N–H and O–H groups in total. The molecule has 0 aliphatic carbocycles. The van der Waals surface area contributed by atoms with Crippen LogP contribution < -0.4 is 0 Å². The van der Waals surface area contributed by atoms with Gasteiger partial charge in [0.1, 0.15) is 0 Å². The SMILES string of the molecule is CC1CN(CCN=[N+]=[N-])CC1C. The monoisotopic (exact) mass is 168 g/mol. The van der Waals surface area contributed by atoms with Crippen molar-refractivity contribution in [1.82, 2.24) is 4.90 Å². The standard InChI is InChI=1S/C8H16N4/c1-7-5-12(6-8(7)2)4-3-10-11-9/h7-8H,3-6H2,1-2H3. The number of azide groups is 1.